The summed E-state index contributed by atoms with van der Waals surface area (Å²) >= 11 is 6.02. The minimum atomic E-state index is -0.809. The van der Waals surface area contributed by atoms with Crippen LogP contribution in [-0.4, -0.2) is 24.7 Å². The van der Waals surface area contributed by atoms with E-state index < -0.39 is 6.10 Å². The van der Waals surface area contributed by atoms with E-state index in [4.69, 9.17) is 11.6 Å². The zero-order chi connectivity index (χ0) is 12.6. The van der Waals surface area contributed by atoms with Crippen molar-refractivity contribution in [2.75, 3.05) is 0 Å². The lowest BCUT2D eigenvalue weighted by molar-refractivity contribution is 0.198. The summed E-state index contributed by atoms with van der Waals surface area (Å²) in [5, 5.41) is 19.1. The molecule has 1 N–H and O–H groups in total. The highest BCUT2D eigenvalue weighted by Gasteiger charge is 2.22. The van der Waals surface area contributed by atoms with Gasteiger partial charge in [-0.1, -0.05) is 11.6 Å². The Kier molecular flexibility index (Phi) is 3.22. The van der Waals surface area contributed by atoms with E-state index in [9.17, 15) is 5.11 Å². The number of hydrogen-bond acceptors (Lipinski definition) is 3. The number of aryl methyl sites for hydroxylation is 3. The Morgan fingerprint density at radius 1 is 1.53 bits per heavy atom. The van der Waals surface area contributed by atoms with Crippen molar-refractivity contribution < 1.29 is 5.11 Å². The van der Waals surface area contributed by atoms with E-state index in [1.54, 1.807) is 16.4 Å². The number of nitrogens with zero attached hydrogens (tertiary/aromatic N) is 4. The summed E-state index contributed by atoms with van der Waals surface area (Å²) in [5.74, 6) is 0. The first-order valence-electron chi connectivity index (χ1n) is 5.44. The summed E-state index contributed by atoms with van der Waals surface area (Å²) in [6.45, 7) is 4.58. The molecule has 0 aliphatic carbocycles. The first-order chi connectivity index (χ1) is 8.04. The maximum Gasteiger partial charge on any atom is 0.139 e. The van der Waals surface area contributed by atoms with Crippen LogP contribution < -0.4 is 0 Å². The largest absolute Gasteiger partial charge is 0.380 e. The van der Waals surface area contributed by atoms with E-state index in [0.29, 0.717) is 17.3 Å². The van der Waals surface area contributed by atoms with E-state index >= 15 is 0 Å². The van der Waals surface area contributed by atoms with Gasteiger partial charge in [0.25, 0.3) is 0 Å². The molecule has 2 rings (SSSR count). The molecule has 17 heavy (non-hydrogen) atoms. The minimum absolute atomic E-state index is 0.460. The second-order valence-electron chi connectivity index (χ2n) is 3.93. The molecule has 0 saturated heterocycles. The maximum atomic E-state index is 10.4. The lowest BCUT2D eigenvalue weighted by atomic mass is 10.1. The van der Waals surface area contributed by atoms with E-state index in [0.717, 1.165) is 11.4 Å². The van der Waals surface area contributed by atoms with Crippen LogP contribution in [-0.2, 0) is 13.6 Å². The lowest BCUT2D eigenvalue weighted by Crippen LogP contribution is -2.12. The fourth-order valence-corrected chi connectivity index (χ4v) is 2.18. The highest BCUT2D eigenvalue weighted by Crippen LogP contribution is 2.27. The first kappa shape index (κ1) is 12.1. The van der Waals surface area contributed by atoms with Gasteiger partial charge >= 0.3 is 0 Å². The predicted octanol–water partition coefficient (Wildman–Crippen LogP) is 1.68. The van der Waals surface area contributed by atoms with E-state index in [-0.39, 0.29) is 0 Å². The quantitative estimate of drug-likeness (QED) is 0.907. The summed E-state index contributed by atoms with van der Waals surface area (Å²) < 4.78 is 3.35. The van der Waals surface area contributed by atoms with Crippen molar-refractivity contribution in [2.24, 2.45) is 7.05 Å². The third-order valence-electron chi connectivity index (χ3n) is 2.71. The molecule has 2 aromatic heterocycles. The molecule has 0 aromatic carbocycles. The zero-order valence-electron chi connectivity index (χ0n) is 10.1. The second-order valence-corrected chi connectivity index (χ2v) is 4.34. The van der Waals surface area contributed by atoms with Crippen LogP contribution in [0.3, 0.4) is 0 Å². The molecule has 0 saturated carbocycles. The lowest BCUT2D eigenvalue weighted by Gasteiger charge is -2.13. The fraction of sp³-hybridized carbons (Fsp3) is 0.455. The van der Waals surface area contributed by atoms with Gasteiger partial charge in [0.2, 0.25) is 0 Å². The van der Waals surface area contributed by atoms with Crippen LogP contribution in [0.5, 0.6) is 0 Å². The fourth-order valence-electron chi connectivity index (χ4n) is 1.91. The average molecular weight is 255 g/mol. The molecule has 0 aliphatic rings. The number of rotatable bonds is 3. The van der Waals surface area contributed by atoms with Gasteiger partial charge in [0.1, 0.15) is 6.10 Å². The van der Waals surface area contributed by atoms with Gasteiger partial charge in [0.05, 0.1) is 28.3 Å². The van der Waals surface area contributed by atoms with Crippen molar-refractivity contribution >= 4 is 11.6 Å². The van der Waals surface area contributed by atoms with Crippen LogP contribution in [0.1, 0.15) is 30.1 Å². The molecule has 1 atom stereocenters. The molecule has 1 unspecified atom stereocenters. The van der Waals surface area contributed by atoms with E-state index in [2.05, 4.69) is 10.2 Å². The Hall–Kier alpha value is -1.33. The van der Waals surface area contributed by atoms with Crippen LogP contribution in [0.2, 0.25) is 5.02 Å². The average Bonchev–Trinajstić information content (AvgIpc) is 2.82. The molecule has 0 fully saturated rings. The van der Waals surface area contributed by atoms with Gasteiger partial charge in [-0.15, -0.1) is 0 Å². The van der Waals surface area contributed by atoms with Gasteiger partial charge in [0, 0.05) is 13.6 Å². The molecule has 2 aromatic rings. The zero-order valence-corrected chi connectivity index (χ0v) is 10.8. The molecule has 92 valence electrons. The van der Waals surface area contributed by atoms with E-state index in [1.807, 2.05) is 19.9 Å². The number of aromatic nitrogens is 4. The van der Waals surface area contributed by atoms with Crippen LogP contribution in [0.15, 0.2) is 12.3 Å². The normalized spacial score (nSPS) is 13.0. The Morgan fingerprint density at radius 2 is 2.24 bits per heavy atom. The summed E-state index contributed by atoms with van der Waals surface area (Å²) in [4.78, 5) is 0. The Labute approximate surface area is 105 Å². The van der Waals surface area contributed by atoms with Crippen molar-refractivity contribution in [3.8, 4) is 0 Å². The number of halogens is 1. The standard InChI is InChI=1S/C11H15ClN4O/c1-4-16-9(5-7(2)14-16)11(17)10-8(12)6-13-15(10)3/h5-6,11,17H,4H2,1-3H3. The smallest absolute Gasteiger partial charge is 0.139 e. The molecule has 0 amide bonds. The molecule has 5 nitrogen and oxygen atoms in total. The molecular formula is C11H15ClN4O. The molecular weight excluding hydrogens is 240 g/mol. The van der Waals surface area contributed by atoms with Crippen LogP contribution >= 0.6 is 11.6 Å². The van der Waals surface area contributed by atoms with Gasteiger partial charge in [-0.2, -0.15) is 10.2 Å². The van der Waals surface area contributed by atoms with Crippen molar-refractivity contribution in [3.05, 3.63) is 34.4 Å². The third-order valence-corrected chi connectivity index (χ3v) is 3.00. The van der Waals surface area contributed by atoms with Gasteiger partial charge in [-0.25, -0.2) is 0 Å². The molecule has 0 spiro atoms. The van der Waals surface area contributed by atoms with Crippen molar-refractivity contribution in [1.29, 1.82) is 0 Å². The molecule has 0 bridgehead atoms. The maximum absolute atomic E-state index is 10.4. The van der Waals surface area contributed by atoms with Crippen molar-refractivity contribution in [2.45, 2.75) is 26.5 Å². The molecule has 0 radical (unpaired) electrons. The second kappa shape index (κ2) is 4.50. The predicted molar refractivity (Wildman–Crippen MR) is 64.9 cm³/mol. The Morgan fingerprint density at radius 3 is 2.76 bits per heavy atom. The number of hydrogen-bond donors (Lipinski definition) is 1. The summed E-state index contributed by atoms with van der Waals surface area (Å²) in [6.07, 6.45) is 0.718. The van der Waals surface area contributed by atoms with E-state index in [1.165, 1.54) is 6.20 Å². The van der Waals surface area contributed by atoms with Crippen molar-refractivity contribution in [3.63, 3.8) is 0 Å². The summed E-state index contributed by atoms with van der Waals surface area (Å²) in [5.41, 5.74) is 2.19. The third kappa shape index (κ3) is 2.08. The van der Waals surface area contributed by atoms with Crippen LogP contribution in [0.4, 0.5) is 0 Å². The summed E-state index contributed by atoms with van der Waals surface area (Å²) in [6, 6.07) is 1.86. The van der Waals surface area contributed by atoms with Crippen molar-refractivity contribution in [1.82, 2.24) is 19.6 Å². The highest BCUT2D eigenvalue weighted by atomic mass is 35.5. The van der Waals surface area contributed by atoms with Gasteiger partial charge in [0.15, 0.2) is 0 Å². The molecule has 6 heteroatoms. The summed E-state index contributed by atoms with van der Waals surface area (Å²) in [7, 11) is 1.75. The topological polar surface area (TPSA) is 55.9 Å². The van der Waals surface area contributed by atoms with Crippen LogP contribution in [0, 0.1) is 6.92 Å². The molecule has 2 heterocycles. The Balaban J connectivity index is 2.46. The number of aliphatic hydroxyl groups is 1. The monoisotopic (exact) mass is 254 g/mol. The minimum Gasteiger partial charge on any atom is -0.380 e. The van der Waals surface area contributed by atoms with Gasteiger partial charge in [-0.05, 0) is 19.9 Å². The molecule has 0 aliphatic heterocycles. The number of aliphatic hydroxyl groups excluding tert-OH is 1. The van der Waals surface area contributed by atoms with Gasteiger partial charge in [-0.3, -0.25) is 9.36 Å². The van der Waals surface area contributed by atoms with Crippen LogP contribution in [0.25, 0.3) is 0 Å². The van der Waals surface area contributed by atoms with Gasteiger partial charge < -0.3 is 5.11 Å². The highest BCUT2D eigenvalue weighted by molar-refractivity contribution is 6.31. The Bertz CT molecular complexity index is 512. The first-order valence-corrected chi connectivity index (χ1v) is 5.82. The SMILES string of the molecule is CCn1nc(C)cc1C(O)c1c(Cl)cnn1C.